The number of nitrogens with zero attached hydrogens (tertiary/aromatic N) is 3. The number of allylic oxidation sites excluding steroid dienone is 1. The number of benzene rings is 2. The first-order chi connectivity index (χ1) is 17.9. The molecule has 2 aliphatic heterocycles. The molecule has 0 radical (unpaired) electrons. The van der Waals surface area contributed by atoms with Crippen LogP contribution in [0.2, 0.25) is 5.02 Å². The van der Waals surface area contributed by atoms with Gasteiger partial charge in [0, 0.05) is 17.1 Å². The molecule has 0 aliphatic carbocycles. The van der Waals surface area contributed by atoms with E-state index >= 15 is 0 Å². The lowest BCUT2D eigenvalue weighted by Crippen LogP contribution is -2.41. The zero-order valence-corrected chi connectivity index (χ0v) is 22.4. The van der Waals surface area contributed by atoms with Crippen LogP contribution in [0, 0.1) is 0 Å². The molecule has 0 saturated heterocycles. The highest BCUT2D eigenvalue weighted by Gasteiger charge is 2.37. The number of carbonyl (C=O) groups is 2. The van der Waals surface area contributed by atoms with E-state index in [2.05, 4.69) is 11.9 Å². The van der Waals surface area contributed by atoms with Crippen LogP contribution in [0.3, 0.4) is 0 Å². The van der Waals surface area contributed by atoms with Gasteiger partial charge in [0.15, 0.2) is 4.80 Å². The van der Waals surface area contributed by atoms with Crippen molar-refractivity contribution in [3.63, 3.8) is 0 Å². The first kappa shape index (κ1) is 25.2. The summed E-state index contributed by atoms with van der Waals surface area (Å²) in [4.78, 5) is 47.6. The first-order valence-electron chi connectivity index (χ1n) is 12.3. The summed E-state index contributed by atoms with van der Waals surface area (Å²) < 4.78 is 7.16. The summed E-state index contributed by atoms with van der Waals surface area (Å²) in [7, 11) is 0. The number of ether oxygens (including phenoxy) is 1. The fourth-order valence-electron chi connectivity index (χ4n) is 4.84. The van der Waals surface area contributed by atoms with Crippen LogP contribution in [0.15, 0.2) is 69.6 Å². The lowest BCUT2D eigenvalue weighted by molar-refractivity contribution is -0.139. The van der Waals surface area contributed by atoms with Gasteiger partial charge >= 0.3 is 5.97 Å². The van der Waals surface area contributed by atoms with Crippen LogP contribution in [0.1, 0.15) is 50.8 Å². The van der Waals surface area contributed by atoms with Crippen molar-refractivity contribution in [1.82, 2.24) is 4.57 Å². The molecule has 3 aromatic rings. The monoisotopic (exact) mass is 535 g/mol. The Labute approximate surface area is 223 Å². The lowest BCUT2D eigenvalue weighted by atomic mass is 9.96. The largest absolute Gasteiger partial charge is 0.463 e. The number of unbranched alkanes of at least 4 members (excludes halogenated alkanes) is 1. The van der Waals surface area contributed by atoms with Crippen LogP contribution in [0.25, 0.3) is 5.57 Å². The summed E-state index contributed by atoms with van der Waals surface area (Å²) in [5.41, 5.74) is 3.01. The predicted molar refractivity (Wildman–Crippen MR) is 144 cm³/mol. The fourth-order valence-corrected chi connectivity index (χ4v) is 6.10. The van der Waals surface area contributed by atoms with Gasteiger partial charge in [-0.2, -0.15) is 0 Å². The Morgan fingerprint density at radius 2 is 1.84 bits per heavy atom. The molecule has 37 heavy (non-hydrogen) atoms. The maximum absolute atomic E-state index is 14.1. The van der Waals surface area contributed by atoms with Gasteiger partial charge in [-0.1, -0.05) is 66.6 Å². The van der Waals surface area contributed by atoms with Crippen LogP contribution < -0.4 is 19.8 Å². The SMILES string of the molecule is CCCCN1C(=O)/C(=c2\sc3n(c2=O)C(c2ccc(Cl)cc2)C(C(=O)OCC)=C(C)N=3)c2ccccc21. The van der Waals surface area contributed by atoms with E-state index in [0.717, 1.165) is 24.1 Å². The van der Waals surface area contributed by atoms with Gasteiger partial charge in [-0.3, -0.25) is 14.2 Å². The highest BCUT2D eigenvalue weighted by atomic mass is 35.5. The predicted octanol–water partition coefficient (Wildman–Crippen LogP) is 3.97. The van der Waals surface area contributed by atoms with Crippen LogP contribution in [0.5, 0.6) is 0 Å². The highest BCUT2D eigenvalue weighted by Crippen LogP contribution is 2.36. The molecular formula is C28H26ClN3O4S. The third kappa shape index (κ3) is 4.24. The molecule has 1 amide bonds. The molecule has 0 spiro atoms. The van der Waals surface area contributed by atoms with Gasteiger partial charge in [0.2, 0.25) is 0 Å². The molecule has 5 rings (SSSR count). The minimum Gasteiger partial charge on any atom is -0.463 e. The van der Waals surface area contributed by atoms with E-state index in [-0.39, 0.29) is 23.6 Å². The summed E-state index contributed by atoms with van der Waals surface area (Å²) in [6, 6.07) is 13.8. The molecule has 0 saturated carbocycles. The molecule has 2 aliphatic rings. The van der Waals surface area contributed by atoms with Gasteiger partial charge in [-0.15, -0.1) is 0 Å². The molecule has 0 fully saturated rings. The number of thiazole rings is 1. The summed E-state index contributed by atoms with van der Waals surface area (Å²) in [5, 5.41) is 0.539. The molecule has 1 atom stereocenters. The summed E-state index contributed by atoms with van der Waals surface area (Å²) >= 11 is 7.30. The van der Waals surface area contributed by atoms with Gasteiger partial charge in [0.25, 0.3) is 11.5 Å². The second-order valence-electron chi connectivity index (χ2n) is 8.88. The molecule has 0 bridgehead atoms. The Balaban J connectivity index is 1.78. The van der Waals surface area contributed by atoms with Gasteiger partial charge < -0.3 is 9.64 Å². The number of aromatic nitrogens is 1. The number of fused-ring (bicyclic) bond motifs is 2. The topological polar surface area (TPSA) is 81.0 Å². The minimum atomic E-state index is -0.759. The van der Waals surface area contributed by atoms with Gasteiger partial charge in [0.1, 0.15) is 4.53 Å². The second-order valence-corrected chi connectivity index (χ2v) is 10.3. The number of rotatable bonds is 6. The molecule has 1 aromatic heterocycles. The number of hydrogen-bond acceptors (Lipinski definition) is 6. The van der Waals surface area contributed by atoms with E-state index in [9.17, 15) is 14.4 Å². The van der Waals surface area contributed by atoms with Crippen LogP contribution in [-0.2, 0) is 14.3 Å². The zero-order valence-electron chi connectivity index (χ0n) is 20.8. The summed E-state index contributed by atoms with van der Waals surface area (Å²) in [5.74, 6) is -0.723. The molecule has 1 unspecified atom stereocenters. The van der Waals surface area contributed by atoms with Crippen molar-refractivity contribution in [2.45, 2.75) is 39.7 Å². The minimum absolute atomic E-state index is 0.190. The van der Waals surface area contributed by atoms with Crippen molar-refractivity contribution >= 4 is 46.1 Å². The average Bonchev–Trinajstić information content (AvgIpc) is 3.34. The summed E-state index contributed by atoms with van der Waals surface area (Å²) in [6.07, 6.45) is 1.80. The van der Waals surface area contributed by atoms with Crippen molar-refractivity contribution in [1.29, 1.82) is 0 Å². The third-order valence-corrected chi connectivity index (χ3v) is 7.87. The molecule has 3 heterocycles. The Hall–Kier alpha value is -3.49. The van der Waals surface area contributed by atoms with Crippen LogP contribution in [0.4, 0.5) is 5.69 Å². The molecule has 190 valence electrons. The number of esters is 1. The van der Waals surface area contributed by atoms with Gasteiger partial charge in [-0.25, -0.2) is 9.79 Å². The van der Waals surface area contributed by atoms with E-state index in [4.69, 9.17) is 16.3 Å². The maximum atomic E-state index is 14.1. The number of para-hydroxylation sites is 1. The maximum Gasteiger partial charge on any atom is 0.338 e. The first-order valence-corrected chi connectivity index (χ1v) is 13.5. The molecule has 0 N–H and O–H groups in total. The van der Waals surface area contributed by atoms with E-state index in [1.165, 1.54) is 15.9 Å². The average molecular weight is 536 g/mol. The fraction of sp³-hybridized carbons (Fsp3) is 0.286. The van der Waals surface area contributed by atoms with Crippen molar-refractivity contribution in [3.05, 3.63) is 95.6 Å². The van der Waals surface area contributed by atoms with Crippen LogP contribution in [-0.4, -0.2) is 29.6 Å². The normalized spacial score (nSPS) is 18.0. The smallest absolute Gasteiger partial charge is 0.338 e. The Morgan fingerprint density at radius 3 is 2.54 bits per heavy atom. The second kappa shape index (κ2) is 10.1. The van der Waals surface area contributed by atoms with Crippen LogP contribution >= 0.6 is 22.9 Å². The number of anilines is 1. The van der Waals surface area contributed by atoms with Crippen molar-refractivity contribution in [2.24, 2.45) is 4.99 Å². The Bertz CT molecular complexity index is 1620. The highest BCUT2D eigenvalue weighted by molar-refractivity contribution is 7.07. The van der Waals surface area contributed by atoms with Gasteiger partial charge in [0.05, 0.1) is 35.2 Å². The molecule has 7 nitrogen and oxygen atoms in total. The number of carbonyl (C=O) groups excluding carboxylic acids is 2. The van der Waals surface area contributed by atoms with E-state index in [0.29, 0.717) is 37.7 Å². The van der Waals surface area contributed by atoms with E-state index in [1.807, 2.05) is 24.3 Å². The van der Waals surface area contributed by atoms with Crippen molar-refractivity contribution in [2.75, 3.05) is 18.1 Å². The zero-order chi connectivity index (χ0) is 26.3. The van der Waals surface area contributed by atoms with Crippen molar-refractivity contribution < 1.29 is 14.3 Å². The van der Waals surface area contributed by atoms with E-state index in [1.54, 1.807) is 43.0 Å². The van der Waals surface area contributed by atoms with Gasteiger partial charge in [-0.05, 0) is 44.0 Å². The Morgan fingerprint density at radius 1 is 1.11 bits per heavy atom. The molecule has 2 aromatic carbocycles. The molecule has 9 heteroatoms. The summed E-state index contributed by atoms with van der Waals surface area (Å²) in [6.45, 7) is 6.31. The quantitative estimate of drug-likeness (QED) is 0.447. The standard InChI is InChI=1S/C28H26ClN3O4S/c1-4-6-15-31-20-10-8-7-9-19(20)22(25(31)33)24-26(34)32-23(17-11-13-18(29)14-12-17)21(27(35)36-5-2)16(3)30-28(32)37-24/h7-14,23H,4-6,15H2,1-3H3/b24-22-. The lowest BCUT2D eigenvalue weighted by Gasteiger charge is -2.24. The Kier molecular flexibility index (Phi) is 6.88. The molecular weight excluding hydrogens is 510 g/mol. The number of amides is 1. The number of hydrogen-bond donors (Lipinski definition) is 0. The third-order valence-electron chi connectivity index (χ3n) is 6.56. The van der Waals surface area contributed by atoms with Crippen molar-refractivity contribution in [3.8, 4) is 0 Å². The van der Waals surface area contributed by atoms with E-state index < -0.39 is 12.0 Å². The number of halogens is 1.